The summed E-state index contributed by atoms with van der Waals surface area (Å²) in [5.74, 6) is 0.500. The highest BCUT2D eigenvalue weighted by molar-refractivity contribution is 5.70. The van der Waals surface area contributed by atoms with Crippen molar-refractivity contribution in [2.75, 3.05) is 6.61 Å². The third-order valence-electron chi connectivity index (χ3n) is 2.34. The van der Waals surface area contributed by atoms with E-state index in [9.17, 15) is 4.79 Å². The van der Waals surface area contributed by atoms with Crippen LogP contribution in [0.1, 0.15) is 39.7 Å². The quantitative estimate of drug-likeness (QED) is 0.756. The zero-order valence-electron chi connectivity index (χ0n) is 12.2. The molecule has 0 saturated heterocycles. The van der Waals surface area contributed by atoms with Crippen molar-refractivity contribution >= 4 is 11.5 Å². The molecular weight excluding hydrogens is 240 g/mol. The number of rotatable bonds is 5. The summed E-state index contributed by atoms with van der Waals surface area (Å²) >= 11 is 0. The van der Waals surface area contributed by atoms with Crippen LogP contribution in [0.5, 0.6) is 5.75 Å². The summed E-state index contributed by atoms with van der Waals surface area (Å²) in [5.41, 5.74) is 1.65. The van der Waals surface area contributed by atoms with Gasteiger partial charge in [0.05, 0.1) is 13.0 Å². The third-order valence-corrected chi connectivity index (χ3v) is 2.34. The van der Waals surface area contributed by atoms with E-state index >= 15 is 0 Å². The Labute approximate surface area is 115 Å². The van der Waals surface area contributed by atoms with E-state index in [0.717, 1.165) is 16.9 Å². The number of hydrogen-bond donors (Lipinski definition) is 0. The minimum Gasteiger partial charge on any atom is -0.493 e. The van der Waals surface area contributed by atoms with Crippen molar-refractivity contribution < 1.29 is 14.3 Å². The molecule has 0 aliphatic heterocycles. The van der Waals surface area contributed by atoms with Crippen LogP contribution in [0.15, 0.2) is 30.8 Å². The Morgan fingerprint density at radius 3 is 2.26 bits per heavy atom. The molecular formula is C16H22O3. The molecule has 3 nitrogen and oxygen atoms in total. The van der Waals surface area contributed by atoms with Gasteiger partial charge in [-0.1, -0.05) is 24.3 Å². The Balaban J connectivity index is 2.37. The Morgan fingerprint density at radius 2 is 1.79 bits per heavy atom. The molecule has 1 aromatic carbocycles. The predicted octanol–water partition coefficient (Wildman–Crippen LogP) is 3.83. The van der Waals surface area contributed by atoms with Crippen molar-refractivity contribution in [2.45, 2.75) is 39.7 Å². The summed E-state index contributed by atoms with van der Waals surface area (Å²) in [6, 6.07) is 7.65. The summed E-state index contributed by atoms with van der Waals surface area (Å²) in [5, 5.41) is 0. The van der Waals surface area contributed by atoms with Gasteiger partial charge in [0.15, 0.2) is 0 Å². The van der Waals surface area contributed by atoms with E-state index in [1.165, 1.54) is 0 Å². The number of esters is 1. The number of benzene rings is 1. The molecule has 0 saturated carbocycles. The highest BCUT2D eigenvalue weighted by Gasteiger charge is 2.15. The van der Waals surface area contributed by atoms with Gasteiger partial charge in [-0.05, 0) is 45.4 Å². The van der Waals surface area contributed by atoms with Crippen LogP contribution < -0.4 is 4.74 Å². The van der Waals surface area contributed by atoms with E-state index in [2.05, 4.69) is 6.58 Å². The molecule has 0 aliphatic rings. The Kier molecular flexibility index (Phi) is 5.16. The van der Waals surface area contributed by atoms with Crippen LogP contribution in [0.2, 0.25) is 0 Å². The summed E-state index contributed by atoms with van der Waals surface area (Å²) in [4.78, 5) is 11.5. The fourth-order valence-corrected chi connectivity index (χ4v) is 1.48. The highest BCUT2D eigenvalue weighted by atomic mass is 16.6. The van der Waals surface area contributed by atoms with Crippen LogP contribution >= 0.6 is 0 Å². The van der Waals surface area contributed by atoms with Gasteiger partial charge >= 0.3 is 5.97 Å². The van der Waals surface area contributed by atoms with Crippen molar-refractivity contribution in [3.63, 3.8) is 0 Å². The van der Waals surface area contributed by atoms with Gasteiger partial charge in [0.1, 0.15) is 11.4 Å². The van der Waals surface area contributed by atoms with Gasteiger partial charge in [0, 0.05) is 0 Å². The zero-order chi connectivity index (χ0) is 14.5. The van der Waals surface area contributed by atoms with Crippen molar-refractivity contribution in [3.05, 3.63) is 36.4 Å². The van der Waals surface area contributed by atoms with Crippen molar-refractivity contribution in [1.82, 2.24) is 0 Å². The number of carbonyl (C=O) groups is 1. The average Bonchev–Trinajstić information content (AvgIpc) is 2.27. The molecule has 0 aromatic heterocycles. The van der Waals surface area contributed by atoms with Crippen LogP contribution in [0.4, 0.5) is 0 Å². The van der Waals surface area contributed by atoms with E-state index < -0.39 is 5.60 Å². The highest BCUT2D eigenvalue weighted by Crippen LogP contribution is 2.17. The number of carbonyl (C=O) groups excluding carboxylic acids is 1. The predicted molar refractivity (Wildman–Crippen MR) is 77.1 cm³/mol. The lowest BCUT2D eigenvalue weighted by molar-refractivity contribution is -0.155. The molecule has 0 spiro atoms. The van der Waals surface area contributed by atoms with Crippen LogP contribution in [0, 0.1) is 0 Å². The molecule has 19 heavy (non-hydrogen) atoms. The number of hydrogen-bond acceptors (Lipinski definition) is 3. The van der Waals surface area contributed by atoms with Gasteiger partial charge in [-0.2, -0.15) is 0 Å². The lowest BCUT2D eigenvalue weighted by Crippen LogP contribution is -2.24. The molecule has 0 bridgehead atoms. The monoisotopic (exact) mass is 262 g/mol. The Morgan fingerprint density at radius 1 is 1.21 bits per heavy atom. The molecule has 0 heterocycles. The second-order valence-electron chi connectivity index (χ2n) is 5.49. The normalized spacial score (nSPS) is 10.9. The van der Waals surface area contributed by atoms with Gasteiger partial charge in [-0.15, -0.1) is 0 Å². The molecule has 0 unspecified atom stereocenters. The molecule has 0 fully saturated rings. The zero-order valence-corrected chi connectivity index (χ0v) is 12.2. The third kappa shape index (κ3) is 6.09. The molecule has 0 radical (unpaired) electrons. The Hall–Kier alpha value is -1.77. The van der Waals surface area contributed by atoms with Crippen LogP contribution in [-0.4, -0.2) is 18.2 Å². The number of ether oxygens (including phenoxy) is 2. The van der Waals surface area contributed by atoms with E-state index in [0.29, 0.717) is 6.61 Å². The van der Waals surface area contributed by atoms with E-state index in [1.807, 2.05) is 52.0 Å². The van der Waals surface area contributed by atoms with Crippen molar-refractivity contribution in [3.8, 4) is 5.75 Å². The van der Waals surface area contributed by atoms with E-state index in [1.54, 1.807) is 0 Å². The van der Waals surface area contributed by atoms with Gasteiger partial charge in [-0.25, -0.2) is 0 Å². The SMILES string of the molecule is C=C(C)c1ccc(OCCC(=O)OC(C)(C)C)cc1. The molecule has 0 N–H and O–H groups in total. The first kappa shape index (κ1) is 15.3. The maximum absolute atomic E-state index is 11.5. The van der Waals surface area contributed by atoms with Crippen molar-refractivity contribution in [2.24, 2.45) is 0 Å². The lowest BCUT2D eigenvalue weighted by Gasteiger charge is -2.19. The molecule has 0 aliphatic carbocycles. The second-order valence-corrected chi connectivity index (χ2v) is 5.49. The van der Waals surface area contributed by atoms with Crippen molar-refractivity contribution in [1.29, 1.82) is 0 Å². The molecule has 0 amide bonds. The molecule has 1 rings (SSSR count). The maximum atomic E-state index is 11.5. The fourth-order valence-electron chi connectivity index (χ4n) is 1.48. The van der Waals surface area contributed by atoms with E-state index in [4.69, 9.17) is 9.47 Å². The lowest BCUT2D eigenvalue weighted by atomic mass is 10.1. The fraction of sp³-hybridized carbons (Fsp3) is 0.438. The van der Waals surface area contributed by atoms with Crippen LogP contribution in [0.25, 0.3) is 5.57 Å². The first-order chi connectivity index (χ1) is 8.78. The summed E-state index contributed by atoms with van der Waals surface area (Å²) in [6.45, 7) is 11.7. The molecule has 104 valence electrons. The minimum atomic E-state index is -0.444. The first-order valence-corrected chi connectivity index (χ1v) is 6.38. The smallest absolute Gasteiger partial charge is 0.309 e. The largest absolute Gasteiger partial charge is 0.493 e. The molecule has 1 aromatic rings. The standard InChI is InChI=1S/C16H22O3/c1-12(2)13-6-8-14(9-7-13)18-11-10-15(17)19-16(3,4)5/h6-9H,1,10-11H2,2-5H3. The van der Waals surface area contributed by atoms with Crippen LogP contribution in [0.3, 0.4) is 0 Å². The molecule has 0 atom stereocenters. The van der Waals surface area contributed by atoms with Gasteiger partial charge in [-0.3, -0.25) is 4.79 Å². The summed E-state index contributed by atoms with van der Waals surface area (Å²) in [7, 11) is 0. The van der Waals surface area contributed by atoms with Crippen LogP contribution in [-0.2, 0) is 9.53 Å². The Bertz CT molecular complexity index is 438. The van der Waals surface area contributed by atoms with E-state index in [-0.39, 0.29) is 12.4 Å². The second kappa shape index (κ2) is 6.41. The first-order valence-electron chi connectivity index (χ1n) is 6.38. The van der Waals surface area contributed by atoms with Gasteiger partial charge in [0.2, 0.25) is 0 Å². The average molecular weight is 262 g/mol. The summed E-state index contributed by atoms with van der Waals surface area (Å²) in [6.07, 6.45) is 0.250. The minimum absolute atomic E-state index is 0.244. The van der Waals surface area contributed by atoms with Gasteiger partial charge in [0.25, 0.3) is 0 Å². The topological polar surface area (TPSA) is 35.5 Å². The molecule has 3 heteroatoms. The maximum Gasteiger partial charge on any atom is 0.309 e. The summed E-state index contributed by atoms with van der Waals surface area (Å²) < 4.78 is 10.7. The van der Waals surface area contributed by atoms with Gasteiger partial charge < -0.3 is 9.47 Å². The number of allylic oxidation sites excluding steroid dienone is 1.